The lowest BCUT2D eigenvalue weighted by Crippen LogP contribution is -2.28. The lowest BCUT2D eigenvalue weighted by molar-refractivity contribution is 0.351. The number of rotatable bonds is 5. The number of aryl methyl sites for hydroxylation is 1. The third kappa shape index (κ3) is 2.94. The molecule has 0 saturated heterocycles. The van der Waals surface area contributed by atoms with Crippen LogP contribution < -0.4 is 9.47 Å². The van der Waals surface area contributed by atoms with Crippen LogP contribution in [0.1, 0.15) is 21.6 Å². The van der Waals surface area contributed by atoms with E-state index in [1.54, 1.807) is 13.1 Å². The second kappa shape index (κ2) is 6.30. The SMILES string of the molecule is Cc1ccc(S(=O)(=O)N(C)CCc2c3c(cc4c2OCC4)OCC3)s1. The smallest absolute Gasteiger partial charge is 0.252 e. The van der Waals surface area contributed by atoms with Gasteiger partial charge in [-0.25, -0.2) is 8.42 Å². The fourth-order valence-corrected chi connectivity index (χ4v) is 6.11. The van der Waals surface area contributed by atoms with Gasteiger partial charge in [-0.1, -0.05) is 0 Å². The molecule has 0 aliphatic carbocycles. The van der Waals surface area contributed by atoms with Crippen molar-refractivity contribution in [2.24, 2.45) is 0 Å². The number of likely N-dealkylation sites (N-methyl/N-ethyl adjacent to an activating group) is 1. The minimum atomic E-state index is -3.44. The highest BCUT2D eigenvalue weighted by atomic mass is 32.2. The molecular formula is C18H21NO4S2. The quantitative estimate of drug-likeness (QED) is 0.802. The van der Waals surface area contributed by atoms with Crippen LogP contribution in [0, 0.1) is 6.92 Å². The van der Waals surface area contributed by atoms with Gasteiger partial charge < -0.3 is 9.47 Å². The summed E-state index contributed by atoms with van der Waals surface area (Å²) in [6.07, 6.45) is 2.39. The first-order chi connectivity index (χ1) is 12.0. The average molecular weight is 380 g/mol. The Bertz CT molecular complexity index is 885. The number of nitrogens with zero attached hydrogens (tertiary/aromatic N) is 1. The summed E-state index contributed by atoms with van der Waals surface area (Å²) in [5.41, 5.74) is 3.47. The van der Waals surface area contributed by atoms with E-state index in [9.17, 15) is 8.42 Å². The summed E-state index contributed by atoms with van der Waals surface area (Å²) >= 11 is 1.31. The van der Waals surface area contributed by atoms with Crippen molar-refractivity contribution >= 4 is 21.4 Å². The minimum Gasteiger partial charge on any atom is -0.493 e. The van der Waals surface area contributed by atoms with Crippen LogP contribution in [0.25, 0.3) is 0 Å². The summed E-state index contributed by atoms with van der Waals surface area (Å²) in [5.74, 6) is 1.89. The van der Waals surface area contributed by atoms with E-state index in [1.165, 1.54) is 26.8 Å². The van der Waals surface area contributed by atoms with Gasteiger partial charge in [0.25, 0.3) is 10.0 Å². The van der Waals surface area contributed by atoms with E-state index in [4.69, 9.17) is 9.47 Å². The van der Waals surface area contributed by atoms with Gasteiger partial charge in [0.05, 0.1) is 13.2 Å². The van der Waals surface area contributed by atoms with Crippen LogP contribution >= 0.6 is 11.3 Å². The van der Waals surface area contributed by atoms with E-state index in [1.807, 2.05) is 13.0 Å². The first kappa shape index (κ1) is 16.9. The standard InChI is InChI=1S/C18H21NO4S2/c1-12-3-4-17(24-12)25(20,21)19(2)8-5-15-14-7-10-22-16(14)11-13-6-9-23-18(13)15/h3-4,11H,5-10H2,1-2H3. The maximum atomic E-state index is 12.7. The predicted octanol–water partition coefficient (Wildman–Crippen LogP) is 2.79. The Hall–Kier alpha value is -1.57. The van der Waals surface area contributed by atoms with Gasteiger partial charge in [0.15, 0.2) is 0 Å². The molecular weight excluding hydrogens is 358 g/mol. The van der Waals surface area contributed by atoms with E-state index >= 15 is 0 Å². The number of sulfonamides is 1. The van der Waals surface area contributed by atoms with Crippen molar-refractivity contribution in [2.45, 2.75) is 30.4 Å². The second-order valence-corrected chi connectivity index (χ2v) is 10.0. The van der Waals surface area contributed by atoms with Crippen molar-refractivity contribution in [1.82, 2.24) is 4.31 Å². The summed E-state index contributed by atoms with van der Waals surface area (Å²) in [6, 6.07) is 5.61. The summed E-state index contributed by atoms with van der Waals surface area (Å²) < 4.78 is 38.8. The van der Waals surface area contributed by atoms with Crippen LogP contribution in [0.15, 0.2) is 22.4 Å². The monoisotopic (exact) mass is 379 g/mol. The van der Waals surface area contributed by atoms with Crippen LogP contribution in [-0.2, 0) is 29.3 Å². The zero-order valence-corrected chi connectivity index (χ0v) is 16.0. The highest BCUT2D eigenvalue weighted by molar-refractivity contribution is 7.91. The lowest BCUT2D eigenvalue weighted by Gasteiger charge is -2.18. The Balaban J connectivity index is 1.58. The van der Waals surface area contributed by atoms with Gasteiger partial charge in [0.2, 0.25) is 0 Å². The molecule has 0 radical (unpaired) electrons. The summed E-state index contributed by atoms with van der Waals surface area (Å²) in [6.45, 7) is 3.71. The van der Waals surface area contributed by atoms with E-state index in [0.29, 0.717) is 30.4 Å². The average Bonchev–Trinajstić information content (AvgIpc) is 3.30. The molecule has 3 heterocycles. The number of ether oxygens (including phenoxy) is 2. The zero-order valence-electron chi connectivity index (χ0n) is 14.4. The Kier molecular flexibility index (Phi) is 4.25. The van der Waals surface area contributed by atoms with Crippen molar-refractivity contribution in [1.29, 1.82) is 0 Å². The molecule has 0 amide bonds. The molecule has 0 unspecified atom stereocenters. The molecule has 25 heavy (non-hydrogen) atoms. The van der Waals surface area contributed by atoms with Crippen LogP contribution in [0.5, 0.6) is 11.5 Å². The third-order valence-electron chi connectivity index (χ3n) is 4.82. The highest BCUT2D eigenvalue weighted by Gasteiger charge is 2.28. The van der Waals surface area contributed by atoms with Crippen molar-refractivity contribution in [3.63, 3.8) is 0 Å². The fourth-order valence-electron chi connectivity index (χ4n) is 3.44. The minimum absolute atomic E-state index is 0.399. The number of hydrogen-bond acceptors (Lipinski definition) is 5. The van der Waals surface area contributed by atoms with Gasteiger partial charge >= 0.3 is 0 Å². The molecule has 0 atom stereocenters. The molecule has 1 aromatic heterocycles. The molecule has 1 aromatic carbocycles. The van der Waals surface area contributed by atoms with Gasteiger partial charge in [-0.3, -0.25) is 0 Å². The lowest BCUT2D eigenvalue weighted by atomic mass is 9.97. The molecule has 0 bridgehead atoms. The van der Waals surface area contributed by atoms with Gasteiger partial charge in [-0.2, -0.15) is 4.31 Å². The maximum Gasteiger partial charge on any atom is 0.252 e. The first-order valence-electron chi connectivity index (χ1n) is 8.43. The molecule has 0 spiro atoms. The van der Waals surface area contributed by atoms with Gasteiger partial charge in [0, 0.05) is 48.0 Å². The van der Waals surface area contributed by atoms with E-state index in [0.717, 1.165) is 34.8 Å². The molecule has 0 N–H and O–H groups in total. The molecule has 0 fully saturated rings. The second-order valence-electron chi connectivity index (χ2n) is 6.46. The normalized spacial score (nSPS) is 15.8. The highest BCUT2D eigenvalue weighted by Crippen LogP contribution is 2.41. The Morgan fingerprint density at radius 2 is 2.00 bits per heavy atom. The van der Waals surface area contributed by atoms with Gasteiger partial charge in [-0.15, -0.1) is 11.3 Å². The molecule has 2 aliphatic rings. The van der Waals surface area contributed by atoms with Gasteiger partial charge in [0.1, 0.15) is 15.7 Å². The molecule has 134 valence electrons. The van der Waals surface area contributed by atoms with Crippen molar-refractivity contribution in [3.05, 3.63) is 39.8 Å². The number of fused-ring (bicyclic) bond motifs is 2. The van der Waals surface area contributed by atoms with E-state index in [-0.39, 0.29) is 0 Å². The molecule has 7 heteroatoms. The molecule has 2 aliphatic heterocycles. The summed E-state index contributed by atoms with van der Waals surface area (Å²) in [4.78, 5) is 0.997. The van der Waals surface area contributed by atoms with Crippen molar-refractivity contribution < 1.29 is 17.9 Å². The maximum absolute atomic E-state index is 12.7. The van der Waals surface area contributed by atoms with Gasteiger partial charge in [-0.05, 0) is 31.5 Å². The zero-order chi connectivity index (χ0) is 17.6. The van der Waals surface area contributed by atoms with E-state index < -0.39 is 10.0 Å². The van der Waals surface area contributed by atoms with Crippen LogP contribution in [0.4, 0.5) is 0 Å². The van der Waals surface area contributed by atoms with E-state index in [2.05, 4.69) is 6.07 Å². The first-order valence-corrected chi connectivity index (χ1v) is 10.7. The molecule has 5 nitrogen and oxygen atoms in total. The van der Waals surface area contributed by atoms with Crippen LogP contribution in [0.3, 0.4) is 0 Å². The fraction of sp³-hybridized carbons (Fsp3) is 0.444. The molecule has 4 rings (SSSR count). The summed E-state index contributed by atoms with van der Waals surface area (Å²) in [5, 5.41) is 0. The number of thiophene rings is 1. The predicted molar refractivity (Wildman–Crippen MR) is 97.4 cm³/mol. The Labute approximate surface area is 152 Å². The van der Waals surface area contributed by atoms with Crippen molar-refractivity contribution in [2.75, 3.05) is 26.8 Å². The Morgan fingerprint density at radius 3 is 2.76 bits per heavy atom. The number of benzene rings is 1. The van der Waals surface area contributed by atoms with Crippen molar-refractivity contribution in [3.8, 4) is 11.5 Å². The topological polar surface area (TPSA) is 55.8 Å². The number of hydrogen-bond donors (Lipinski definition) is 0. The third-order valence-corrected chi connectivity index (χ3v) is 8.14. The molecule has 0 saturated carbocycles. The Morgan fingerprint density at radius 1 is 1.20 bits per heavy atom. The van der Waals surface area contributed by atoms with Crippen LogP contribution in [-0.4, -0.2) is 39.5 Å². The molecule has 2 aromatic rings. The largest absolute Gasteiger partial charge is 0.493 e. The van der Waals surface area contributed by atoms with Crippen LogP contribution in [0.2, 0.25) is 0 Å². The summed E-state index contributed by atoms with van der Waals surface area (Å²) in [7, 11) is -1.79.